The molecular formula is C15H20FN3O3S. The van der Waals surface area contributed by atoms with Crippen LogP contribution in [0.1, 0.15) is 26.2 Å². The highest BCUT2D eigenvalue weighted by atomic mass is 32.2. The van der Waals surface area contributed by atoms with E-state index in [9.17, 15) is 17.6 Å². The lowest BCUT2D eigenvalue weighted by Crippen LogP contribution is -2.51. The van der Waals surface area contributed by atoms with Crippen LogP contribution in [0.25, 0.3) is 0 Å². The minimum absolute atomic E-state index is 0.230. The average molecular weight is 341 g/mol. The maximum atomic E-state index is 14.2. The molecule has 0 bridgehead atoms. The van der Waals surface area contributed by atoms with Crippen molar-refractivity contribution in [3.8, 4) is 0 Å². The van der Waals surface area contributed by atoms with E-state index in [1.54, 1.807) is 0 Å². The summed E-state index contributed by atoms with van der Waals surface area (Å²) in [5.41, 5.74) is -0.282. The van der Waals surface area contributed by atoms with Crippen molar-refractivity contribution in [3.05, 3.63) is 24.0 Å². The number of nitrogens with one attached hydrogen (secondary N) is 3. The topological polar surface area (TPSA) is 87.3 Å². The van der Waals surface area contributed by atoms with Crippen LogP contribution in [-0.4, -0.2) is 33.0 Å². The van der Waals surface area contributed by atoms with Gasteiger partial charge in [-0.3, -0.25) is 4.79 Å². The van der Waals surface area contributed by atoms with E-state index >= 15 is 0 Å². The number of anilines is 1. The van der Waals surface area contributed by atoms with E-state index in [-0.39, 0.29) is 17.5 Å². The molecule has 3 N–H and O–H groups in total. The van der Waals surface area contributed by atoms with Crippen molar-refractivity contribution in [2.75, 3.05) is 18.4 Å². The van der Waals surface area contributed by atoms with Gasteiger partial charge in [-0.2, -0.15) is 0 Å². The van der Waals surface area contributed by atoms with Crippen molar-refractivity contribution in [1.29, 1.82) is 0 Å². The van der Waals surface area contributed by atoms with Gasteiger partial charge in [0.25, 0.3) is 0 Å². The maximum absolute atomic E-state index is 14.2. The summed E-state index contributed by atoms with van der Waals surface area (Å²) < 4.78 is 42.2. The largest absolute Gasteiger partial charge is 0.326 e. The van der Waals surface area contributed by atoms with Gasteiger partial charge in [-0.15, -0.1) is 0 Å². The number of amides is 1. The van der Waals surface area contributed by atoms with Gasteiger partial charge in [0.1, 0.15) is 10.7 Å². The zero-order valence-corrected chi connectivity index (χ0v) is 13.7. The van der Waals surface area contributed by atoms with Crippen LogP contribution in [0.2, 0.25) is 0 Å². The summed E-state index contributed by atoms with van der Waals surface area (Å²) in [6.45, 7) is 2.66. The Bertz CT molecular complexity index is 725. The van der Waals surface area contributed by atoms with E-state index < -0.39 is 26.3 Å². The smallest absolute Gasteiger partial charge is 0.244 e. The van der Waals surface area contributed by atoms with Crippen molar-refractivity contribution >= 4 is 21.6 Å². The molecule has 1 aliphatic heterocycles. The molecule has 0 aromatic heterocycles. The first-order valence-corrected chi connectivity index (χ1v) is 9.13. The highest BCUT2D eigenvalue weighted by Gasteiger charge is 2.48. The Labute approximate surface area is 134 Å². The number of hydrogen-bond acceptors (Lipinski definition) is 4. The van der Waals surface area contributed by atoms with E-state index in [1.165, 1.54) is 19.1 Å². The molecule has 1 saturated heterocycles. The van der Waals surface area contributed by atoms with Gasteiger partial charge in [0.15, 0.2) is 0 Å². The quantitative estimate of drug-likeness (QED) is 0.768. The van der Waals surface area contributed by atoms with Gasteiger partial charge in [-0.25, -0.2) is 17.5 Å². The molecule has 3 rings (SSSR count). The highest BCUT2D eigenvalue weighted by Crippen LogP contribution is 2.39. The molecule has 1 aromatic rings. The van der Waals surface area contributed by atoms with E-state index in [1.807, 2.05) is 0 Å². The summed E-state index contributed by atoms with van der Waals surface area (Å²) in [4.78, 5) is 10.6. The van der Waals surface area contributed by atoms with Crippen LogP contribution >= 0.6 is 0 Å². The molecule has 1 aromatic carbocycles. The zero-order valence-electron chi connectivity index (χ0n) is 12.9. The van der Waals surface area contributed by atoms with Crippen LogP contribution in [-0.2, 0) is 14.8 Å². The SMILES string of the molecule is CC(=O)Nc1ccc(S(=O)(=O)N[C@]23CCC[C@H]2CNC3)c(F)c1. The lowest BCUT2D eigenvalue weighted by atomic mass is 9.92. The number of fused-ring (bicyclic) bond motifs is 1. The summed E-state index contributed by atoms with van der Waals surface area (Å²) in [5, 5.41) is 5.65. The lowest BCUT2D eigenvalue weighted by molar-refractivity contribution is -0.114. The molecule has 1 amide bonds. The molecule has 0 radical (unpaired) electrons. The first kappa shape index (κ1) is 16.4. The van der Waals surface area contributed by atoms with Crippen LogP contribution in [0.5, 0.6) is 0 Å². The van der Waals surface area contributed by atoms with Crippen LogP contribution in [0, 0.1) is 11.7 Å². The van der Waals surface area contributed by atoms with E-state index in [0.29, 0.717) is 6.54 Å². The molecule has 2 fully saturated rings. The van der Waals surface area contributed by atoms with Gasteiger partial charge in [0.05, 0.1) is 0 Å². The Hall–Kier alpha value is -1.51. The van der Waals surface area contributed by atoms with Gasteiger partial charge >= 0.3 is 0 Å². The van der Waals surface area contributed by atoms with Crippen LogP contribution in [0.4, 0.5) is 10.1 Å². The van der Waals surface area contributed by atoms with Crippen molar-refractivity contribution in [2.24, 2.45) is 5.92 Å². The number of carbonyl (C=O) groups excluding carboxylic acids is 1. The highest BCUT2D eigenvalue weighted by molar-refractivity contribution is 7.89. The Morgan fingerprint density at radius 3 is 2.91 bits per heavy atom. The third kappa shape index (κ3) is 3.11. The van der Waals surface area contributed by atoms with Gasteiger partial charge in [0.2, 0.25) is 15.9 Å². The second kappa shape index (κ2) is 5.85. The van der Waals surface area contributed by atoms with E-state index in [4.69, 9.17) is 0 Å². The molecule has 126 valence electrons. The molecule has 1 saturated carbocycles. The fourth-order valence-electron chi connectivity index (χ4n) is 3.64. The fourth-order valence-corrected chi connectivity index (χ4v) is 5.19. The fraction of sp³-hybridized carbons (Fsp3) is 0.533. The van der Waals surface area contributed by atoms with Crippen molar-refractivity contribution in [3.63, 3.8) is 0 Å². The molecular weight excluding hydrogens is 321 g/mol. The maximum Gasteiger partial charge on any atom is 0.244 e. The van der Waals surface area contributed by atoms with Crippen molar-refractivity contribution in [2.45, 2.75) is 36.6 Å². The van der Waals surface area contributed by atoms with Gasteiger partial charge < -0.3 is 10.6 Å². The number of sulfonamides is 1. The molecule has 1 heterocycles. The standard InChI is InChI=1S/C15H20FN3O3S/c1-10(20)18-12-4-5-14(13(16)7-12)23(21,22)19-15-6-2-3-11(15)8-17-9-15/h4-5,7,11,17,19H,2-3,6,8-9H2,1H3,(H,18,20)/t11-,15-/m0/s1. The number of halogens is 1. The molecule has 2 aliphatic rings. The Balaban J connectivity index is 1.86. The first-order valence-electron chi connectivity index (χ1n) is 7.64. The third-order valence-corrected chi connectivity index (χ3v) is 6.25. The summed E-state index contributed by atoms with van der Waals surface area (Å²) in [5.74, 6) is -0.970. The second-order valence-electron chi connectivity index (χ2n) is 6.31. The molecule has 2 atom stereocenters. The predicted octanol–water partition coefficient (Wildman–Crippen LogP) is 1.20. The summed E-state index contributed by atoms with van der Waals surface area (Å²) >= 11 is 0. The minimum Gasteiger partial charge on any atom is -0.326 e. The Morgan fingerprint density at radius 2 is 2.22 bits per heavy atom. The van der Waals surface area contributed by atoms with Crippen molar-refractivity contribution < 1.29 is 17.6 Å². The Kier molecular flexibility index (Phi) is 4.16. The van der Waals surface area contributed by atoms with Crippen LogP contribution < -0.4 is 15.4 Å². The van der Waals surface area contributed by atoms with Crippen LogP contribution in [0.15, 0.2) is 23.1 Å². The minimum atomic E-state index is -3.96. The normalized spacial score (nSPS) is 27.0. The first-order chi connectivity index (χ1) is 10.8. The number of carbonyl (C=O) groups is 1. The van der Waals surface area contributed by atoms with Gasteiger partial charge in [-0.05, 0) is 43.5 Å². The molecule has 6 nitrogen and oxygen atoms in total. The van der Waals surface area contributed by atoms with E-state index in [0.717, 1.165) is 31.9 Å². The predicted molar refractivity (Wildman–Crippen MR) is 84.0 cm³/mol. The Morgan fingerprint density at radius 1 is 1.43 bits per heavy atom. The summed E-state index contributed by atoms with van der Waals surface area (Å²) in [6.07, 6.45) is 2.70. The number of rotatable bonds is 4. The molecule has 1 aliphatic carbocycles. The summed E-state index contributed by atoms with van der Waals surface area (Å²) in [7, 11) is -3.96. The lowest BCUT2D eigenvalue weighted by Gasteiger charge is -2.29. The van der Waals surface area contributed by atoms with Gasteiger partial charge in [0, 0.05) is 24.7 Å². The molecule has 0 unspecified atom stereocenters. The van der Waals surface area contributed by atoms with Crippen LogP contribution in [0.3, 0.4) is 0 Å². The summed E-state index contributed by atoms with van der Waals surface area (Å²) in [6, 6.07) is 3.59. The van der Waals surface area contributed by atoms with Crippen molar-refractivity contribution in [1.82, 2.24) is 10.0 Å². The number of hydrogen-bond donors (Lipinski definition) is 3. The van der Waals surface area contributed by atoms with Gasteiger partial charge in [-0.1, -0.05) is 6.42 Å². The second-order valence-corrected chi connectivity index (χ2v) is 7.96. The molecule has 0 spiro atoms. The molecule has 23 heavy (non-hydrogen) atoms. The zero-order chi connectivity index (χ0) is 16.7. The molecule has 8 heteroatoms. The average Bonchev–Trinajstić information content (AvgIpc) is 2.95. The third-order valence-electron chi connectivity index (χ3n) is 4.67. The monoisotopic (exact) mass is 341 g/mol. The van der Waals surface area contributed by atoms with E-state index in [2.05, 4.69) is 15.4 Å². The number of benzene rings is 1.